The summed E-state index contributed by atoms with van der Waals surface area (Å²) in [4.78, 5) is 28.3. The summed E-state index contributed by atoms with van der Waals surface area (Å²) in [5.74, 6) is 0.310. The predicted octanol–water partition coefficient (Wildman–Crippen LogP) is 2.34. The second kappa shape index (κ2) is 7.52. The van der Waals surface area contributed by atoms with Gasteiger partial charge in [0.15, 0.2) is 17.6 Å². The lowest BCUT2D eigenvalue weighted by atomic mass is 10.2. The highest BCUT2D eigenvalue weighted by molar-refractivity contribution is 7.09. The summed E-state index contributed by atoms with van der Waals surface area (Å²) < 4.78 is 16.1. The smallest absolute Gasteiger partial charge is 0.312 e. The first-order valence-corrected chi connectivity index (χ1v) is 8.70. The van der Waals surface area contributed by atoms with Crippen LogP contribution in [-0.2, 0) is 20.7 Å². The molecule has 0 bridgehead atoms. The highest BCUT2D eigenvalue weighted by Gasteiger charge is 2.20. The van der Waals surface area contributed by atoms with Gasteiger partial charge in [-0.3, -0.25) is 9.59 Å². The molecular formula is C17H18N2O5S. The number of carbonyl (C=O) groups excluding carboxylic acids is 2. The third-order valence-electron chi connectivity index (χ3n) is 3.48. The van der Waals surface area contributed by atoms with Crippen LogP contribution in [0.3, 0.4) is 0 Å². The van der Waals surface area contributed by atoms with Crippen molar-refractivity contribution in [2.24, 2.45) is 0 Å². The Morgan fingerprint density at radius 3 is 2.80 bits per heavy atom. The first-order chi connectivity index (χ1) is 12.0. The van der Waals surface area contributed by atoms with E-state index in [-0.39, 0.29) is 6.42 Å². The van der Waals surface area contributed by atoms with Crippen molar-refractivity contribution >= 4 is 28.9 Å². The van der Waals surface area contributed by atoms with Crippen LogP contribution in [0.5, 0.6) is 11.5 Å². The number of esters is 1. The molecule has 0 radical (unpaired) electrons. The topological polar surface area (TPSA) is 86.8 Å². The molecule has 8 heteroatoms. The molecule has 0 saturated heterocycles. The van der Waals surface area contributed by atoms with Crippen molar-refractivity contribution in [3.05, 3.63) is 34.3 Å². The molecule has 1 atom stereocenters. The van der Waals surface area contributed by atoms with Crippen LogP contribution in [0, 0.1) is 6.92 Å². The molecule has 1 aliphatic rings. The predicted molar refractivity (Wildman–Crippen MR) is 92.2 cm³/mol. The number of ether oxygens (including phenoxy) is 3. The number of aryl methyl sites for hydroxylation is 1. The van der Waals surface area contributed by atoms with Crippen molar-refractivity contribution < 1.29 is 23.8 Å². The lowest BCUT2D eigenvalue weighted by Gasteiger charge is -2.19. The van der Waals surface area contributed by atoms with Crippen molar-refractivity contribution in [1.82, 2.24) is 4.98 Å². The average Bonchev–Trinajstić information content (AvgIpc) is 2.99. The number of anilines is 1. The van der Waals surface area contributed by atoms with Crippen LogP contribution in [0.2, 0.25) is 0 Å². The zero-order valence-corrected chi connectivity index (χ0v) is 14.7. The van der Waals surface area contributed by atoms with Crippen LogP contribution in [0.15, 0.2) is 23.6 Å². The first-order valence-electron chi connectivity index (χ1n) is 7.82. The Balaban J connectivity index is 1.54. The van der Waals surface area contributed by atoms with E-state index in [9.17, 15) is 9.59 Å². The number of hydrogen-bond acceptors (Lipinski definition) is 7. The minimum absolute atomic E-state index is 0.0476. The number of rotatable bonds is 5. The average molecular weight is 362 g/mol. The third kappa shape index (κ3) is 4.48. The molecule has 25 heavy (non-hydrogen) atoms. The van der Waals surface area contributed by atoms with Crippen LogP contribution in [0.4, 0.5) is 5.69 Å². The van der Waals surface area contributed by atoms with Gasteiger partial charge in [0.1, 0.15) is 13.2 Å². The summed E-state index contributed by atoms with van der Waals surface area (Å²) in [6, 6.07) is 5.11. The molecule has 0 saturated carbocycles. The molecule has 132 valence electrons. The Morgan fingerprint density at radius 1 is 1.32 bits per heavy atom. The van der Waals surface area contributed by atoms with E-state index in [1.165, 1.54) is 18.3 Å². The van der Waals surface area contributed by atoms with Crippen molar-refractivity contribution in [2.45, 2.75) is 26.4 Å². The monoisotopic (exact) mass is 362 g/mol. The van der Waals surface area contributed by atoms with Crippen molar-refractivity contribution in [3.8, 4) is 11.5 Å². The lowest BCUT2D eigenvalue weighted by Crippen LogP contribution is -2.30. The Morgan fingerprint density at radius 2 is 2.08 bits per heavy atom. The molecule has 2 heterocycles. The minimum Gasteiger partial charge on any atom is -0.486 e. The largest absolute Gasteiger partial charge is 0.486 e. The van der Waals surface area contributed by atoms with Gasteiger partial charge in [-0.2, -0.15) is 0 Å². The van der Waals surface area contributed by atoms with Crippen LogP contribution in [-0.4, -0.2) is 36.2 Å². The molecule has 0 unspecified atom stereocenters. The number of thiazole rings is 1. The minimum atomic E-state index is -0.916. The number of fused-ring (bicyclic) bond motifs is 1. The summed E-state index contributed by atoms with van der Waals surface area (Å²) >= 11 is 1.46. The number of nitrogens with zero attached hydrogens (tertiary/aromatic N) is 1. The second-order valence-electron chi connectivity index (χ2n) is 5.51. The maximum absolute atomic E-state index is 12.2. The number of aromatic nitrogens is 1. The van der Waals surface area contributed by atoms with Crippen LogP contribution < -0.4 is 14.8 Å². The van der Waals surface area contributed by atoms with E-state index in [2.05, 4.69) is 10.3 Å². The quantitative estimate of drug-likeness (QED) is 0.822. The lowest BCUT2D eigenvalue weighted by molar-refractivity contribution is -0.152. The van der Waals surface area contributed by atoms with Crippen LogP contribution in [0.25, 0.3) is 0 Å². The molecule has 0 aliphatic carbocycles. The summed E-state index contributed by atoms with van der Waals surface area (Å²) in [5.41, 5.74) is 1.19. The van der Waals surface area contributed by atoms with Crippen molar-refractivity contribution in [3.63, 3.8) is 0 Å². The fourth-order valence-electron chi connectivity index (χ4n) is 2.29. The molecule has 0 spiro atoms. The van der Waals surface area contributed by atoms with E-state index >= 15 is 0 Å². The Kier molecular flexibility index (Phi) is 5.18. The van der Waals surface area contributed by atoms with Gasteiger partial charge in [0.2, 0.25) is 0 Å². The maximum atomic E-state index is 12.2. The van der Waals surface area contributed by atoms with Crippen LogP contribution in [0.1, 0.15) is 17.6 Å². The van der Waals surface area contributed by atoms with Gasteiger partial charge in [0, 0.05) is 17.1 Å². The molecule has 1 aromatic heterocycles. The molecule has 7 nitrogen and oxygen atoms in total. The van der Waals surface area contributed by atoms with Gasteiger partial charge in [0.25, 0.3) is 5.91 Å². The molecule has 1 N–H and O–H groups in total. The summed E-state index contributed by atoms with van der Waals surface area (Å²) in [5, 5.41) is 5.38. The van der Waals surface area contributed by atoms with Gasteiger partial charge in [-0.25, -0.2) is 4.98 Å². The highest BCUT2D eigenvalue weighted by Crippen LogP contribution is 2.32. The normalized spacial score (nSPS) is 13.8. The van der Waals surface area contributed by atoms with Crippen molar-refractivity contribution in [1.29, 1.82) is 0 Å². The summed E-state index contributed by atoms with van der Waals surface area (Å²) in [7, 11) is 0. The summed E-state index contributed by atoms with van der Waals surface area (Å²) in [6.07, 6.45) is -0.869. The Labute approximate surface area is 148 Å². The maximum Gasteiger partial charge on any atom is 0.312 e. The number of nitrogens with one attached hydrogen (secondary N) is 1. The number of benzene rings is 1. The Hall–Kier alpha value is -2.61. The van der Waals surface area contributed by atoms with E-state index in [1.54, 1.807) is 23.6 Å². The zero-order chi connectivity index (χ0) is 17.8. The fourth-order valence-corrected chi connectivity index (χ4v) is 2.91. The van der Waals surface area contributed by atoms with Crippen LogP contribution >= 0.6 is 11.3 Å². The first kappa shape index (κ1) is 17.2. The molecule has 1 aliphatic heterocycles. The van der Waals surface area contributed by atoms with E-state index in [1.807, 2.05) is 6.92 Å². The van der Waals surface area contributed by atoms with E-state index in [4.69, 9.17) is 14.2 Å². The molecule has 1 amide bonds. The highest BCUT2D eigenvalue weighted by atomic mass is 32.1. The van der Waals surface area contributed by atoms with Gasteiger partial charge < -0.3 is 19.5 Å². The third-order valence-corrected chi connectivity index (χ3v) is 4.30. The Bertz CT molecular complexity index is 789. The van der Waals surface area contributed by atoms with Crippen molar-refractivity contribution in [2.75, 3.05) is 18.5 Å². The standard InChI is InChI=1S/C17H18N2O5S/c1-10(24-16(20)8-13-9-25-11(2)18-13)17(21)19-12-3-4-14-15(7-12)23-6-5-22-14/h3-4,7,9-10H,5-6,8H2,1-2H3,(H,19,21)/t10-/m0/s1. The SMILES string of the molecule is Cc1nc(CC(=O)O[C@@H](C)C(=O)Nc2ccc3c(c2)OCCO3)cs1. The number of carbonyl (C=O) groups is 2. The fraction of sp³-hybridized carbons (Fsp3) is 0.353. The molecule has 0 fully saturated rings. The summed E-state index contributed by atoms with van der Waals surface area (Å²) in [6.45, 7) is 4.36. The van der Waals surface area contributed by atoms with Gasteiger partial charge in [-0.05, 0) is 26.0 Å². The van der Waals surface area contributed by atoms with Gasteiger partial charge in [-0.1, -0.05) is 0 Å². The van der Waals surface area contributed by atoms with Gasteiger partial charge >= 0.3 is 5.97 Å². The molecule has 2 aromatic rings. The molecule has 3 rings (SSSR count). The zero-order valence-electron chi connectivity index (χ0n) is 13.9. The molecular weight excluding hydrogens is 344 g/mol. The molecule has 1 aromatic carbocycles. The second-order valence-corrected chi connectivity index (χ2v) is 6.58. The van der Waals surface area contributed by atoms with Gasteiger partial charge in [-0.15, -0.1) is 11.3 Å². The number of amides is 1. The van der Waals surface area contributed by atoms with E-state index < -0.39 is 18.0 Å². The van der Waals surface area contributed by atoms with E-state index in [0.717, 1.165) is 5.01 Å². The number of hydrogen-bond donors (Lipinski definition) is 1. The van der Waals surface area contributed by atoms with E-state index in [0.29, 0.717) is 36.1 Å². The van der Waals surface area contributed by atoms with Gasteiger partial charge in [0.05, 0.1) is 17.1 Å².